The maximum atomic E-state index is 11.2. The van der Waals surface area contributed by atoms with Crippen molar-refractivity contribution < 1.29 is 14.6 Å². The predicted molar refractivity (Wildman–Crippen MR) is 71.9 cm³/mol. The molecule has 0 radical (unpaired) electrons. The number of hydrogen-bond acceptors (Lipinski definition) is 3. The van der Waals surface area contributed by atoms with Crippen molar-refractivity contribution in [3.8, 4) is 17.0 Å². The van der Waals surface area contributed by atoms with Crippen molar-refractivity contribution >= 4 is 17.6 Å². The van der Waals surface area contributed by atoms with Crippen molar-refractivity contribution in [1.82, 2.24) is 9.78 Å². The molecule has 0 fully saturated rings. The number of aromatic carboxylic acids is 1. The van der Waals surface area contributed by atoms with E-state index < -0.39 is 5.97 Å². The van der Waals surface area contributed by atoms with Gasteiger partial charge < -0.3 is 9.84 Å². The van der Waals surface area contributed by atoms with Crippen LogP contribution in [-0.4, -0.2) is 28.0 Å². The van der Waals surface area contributed by atoms with Crippen LogP contribution in [0.15, 0.2) is 18.2 Å². The minimum absolute atomic E-state index is 0.159. The lowest BCUT2D eigenvalue weighted by molar-refractivity contribution is 0.0684. The summed E-state index contributed by atoms with van der Waals surface area (Å²) >= 11 is 5.91. The van der Waals surface area contributed by atoms with Gasteiger partial charge in [0, 0.05) is 23.2 Å². The van der Waals surface area contributed by atoms with Crippen molar-refractivity contribution in [2.24, 2.45) is 7.05 Å². The number of benzene rings is 1. The highest BCUT2D eigenvalue weighted by Gasteiger charge is 2.21. The quantitative estimate of drug-likeness (QED) is 0.939. The maximum Gasteiger partial charge on any atom is 0.354 e. The van der Waals surface area contributed by atoms with E-state index in [1.807, 2.05) is 0 Å². The molecule has 2 aromatic rings. The van der Waals surface area contributed by atoms with Crippen LogP contribution < -0.4 is 4.74 Å². The zero-order chi connectivity index (χ0) is 14.2. The molecule has 2 rings (SSSR count). The van der Waals surface area contributed by atoms with Crippen LogP contribution in [0.5, 0.6) is 5.75 Å². The number of carbonyl (C=O) groups is 1. The summed E-state index contributed by atoms with van der Waals surface area (Å²) in [6, 6.07) is 5.15. The second-order valence-electron chi connectivity index (χ2n) is 4.10. The van der Waals surface area contributed by atoms with Crippen molar-refractivity contribution in [2.75, 3.05) is 7.11 Å². The number of nitrogens with zero attached hydrogens (tertiary/aromatic N) is 2. The highest BCUT2D eigenvalue weighted by Crippen LogP contribution is 2.34. The Bertz CT molecular complexity index is 650. The summed E-state index contributed by atoms with van der Waals surface area (Å²) in [6.45, 7) is 1.72. The van der Waals surface area contributed by atoms with Gasteiger partial charge in [0.2, 0.25) is 0 Å². The molecule has 0 spiro atoms. The summed E-state index contributed by atoms with van der Waals surface area (Å²) in [5, 5.41) is 14.0. The van der Waals surface area contributed by atoms with Crippen LogP contribution in [0.3, 0.4) is 0 Å². The number of halogens is 1. The zero-order valence-electron chi connectivity index (χ0n) is 10.8. The van der Waals surface area contributed by atoms with E-state index in [1.54, 1.807) is 32.2 Å². The first kappa shape index (κ1) is 13.4. The first-order valence-corrected chi connectivity index (χ1v) is 5.94. The van der Waals surface area contributed by atoms with E-state index in [-0.39, 0.29) is 5.69 Å². The van der Waals surface area contributed by atoms with E-state index in [4.69, 9.17) is 21.4 Å². The van der Waals surface area contributed by atoms with Crippen molar-refractivity contribution in [3.05, 3.63) is 34.5 Å². The Labute approximate surface area is 115 Å². The highest BCUT2D eigenvalue weighted by molar-refractivity contribution is 6.30. The Balaban J connectivity index is 2.66. The topological polar surface area (TPSA) is 64.4 Å². The fourth-order valence-electron chi connectivity index (χ4n) is 2.05. The summed E-state index contributed by atoms with van der Waals surface area (Å²) < 4.78 is 6.61. The van der Waals surface area contributed by atoms with Gasteiger partial charge in [0.05, 0.1) is 12.8 Å². The lowest BCUT2D eigenvalue weighted by atomic mass is 10.1. The Morgan fingerprint density at radius 3 is 2.68 bits per heavy atom. The first-order chi connectivity index (χ1) is 8.95. The number of hydrogen-bond donors (Lipinski definition) is 1. The normalized spacial score (nSPS) is 10.5. The van der Waals surface area contributed by atoms with Crippen molar-refractivity contribution in [2.45, 2.75) is 6.92 Å². The number of carboxylic acid groups (broad SMARTS) is 1. The third kappa shape index (κ3) is 2.29. The van der Waals surface area contributed by atoms with E-state index in [2.05, 4.69) is 5.10 Å². The number of methoxy groups -OCH3 is 1. The van der Waals surface area contributed by atoms with E-state index in [0.717, 1.165) is 0 Å². The van der Waals surface area contributed by atoms with Gasteiger partial charge in [-0.3, -0.25) is 4.68 Å². The Hall–Kier alpha value is -2.01. The molecule has 0 bridgehead atoms. The van der Waals surface area contributed by atoms with E-state index >= 15 is 0 Å². The van der Waals surface area contributed by atoms with Crippen LogP contribution in [0.1, 0.15) is 16.1 Å². The maximum absolute atomic E-state index is 11.2. The molecule has 100 valence electrons. The molecule has 0 aliphatic rings. The molecule has 0 atom stereocenters. The SMILES string of the molecule is COc1cc(Cl)ccc1-c1nn(C)c(C(=O)O)c1C. The molecule has 5 nitrogen and oxygen atoms in total. The summed E-state index contributed by atoms with van der Waals surface area (Å²) in [5.74, 6) is -0.447. The third-order valence-electron chi connectivity index (χ3n) is 2.91. The molecular formula is C13H13ClN2O3. The summed E-state index contributed by atoms with van der Waals surface area (Å²) in [4.78, 5) is 11.2. The van der Waals surface area contributed by atoms with Gasteiger partial charge in [-0.2, -0.15) is 5.10 Å². The molecule has 19 heavy (non-hydrogen) atoms. The Morgan fingerprint density at radius 2 is 2.16 bits per heavy atom. The third-order valence-corrected chi connectivity index (χ3v) is 3.14. The fourth-order valence-corrected chi connectivity index (χ4v) is 2.21. The number of carboxylic acids is 1. The molecule has 0 aliphatic heterocycles. The zero-order valence-corrected chi connectivity index (χ0v) is 11.5. The van der Waals surface area contributed by atoms with E-state index in [0.29, 0.717) is 27.6 Å². The smallest absolute Gasteiger partial charge is 0.354 e. The van der Waals surface area contributed by atoms with E-state index in [1.165, 1.54) is 11.8 Å². The van der Waals surface area contributed by atoms with Crippen molar-refractivity contribution in [1.29, 1.82) is 0 Å². The van der Waals surface area contributed by atoms with Crippen LogP contribution in [0.4, 0.5) is 0 Å². The molecule has 0 aliphatic carbocycles. The molecule has 0 unspecified atom stereocenters. The van der Waals surface area contributed by atoms with Gasteiger partial charge in [0.1, 0.15) is 11.4 Å². The van der Waals surface area contributed by atoms with Crippen LogP contribution in [0.25, 0.3) is 11.3 Å². The summed E-state index contributed by atoms with van der Waals surface area (Å²) in [7, 11) is 3.13. The second kappa shape index (κ2) is 4.93. The van der Waals surface area contributed by atoms with Gasteiger partial charge in [0.25, 0.3) is 0 Å². The second-order valence-corrected chi connectivity index (χ2v) is 4.53. The molecular weight excluding hydrogens is 268 g/mol. The molecule has 1 N–H and O–H groups in total. The molecule has 0 amide bonds. The van der Waals surface area contributed by atoms with Gasteiger partial charge in [-0.05, 0) is 25.1 Å². The number of aryl methyl sites for hydroxylation is 1. The molecule has 0 saturated carbocycles. The average Bonchev–Trinajstić information content (AvgIpc) is 2.64. The monoisotopic (exact) mass is 280 g/mol. The predicted octanol–water partition coefficient (Wildman–Crippen LogP) is 2.76. The lowest BCUT2D eigenvalue weighted by Gasteiger charge is -2.07. The minimum Gasteiger partial charge on any atom is -0.496 e. The van der Waals surface area contributed by atoms with Gasteiger partial charge in [0.15, 0.2) is 0 Å². The van der Waals surface area contributed by atoms with Gasteiger partial charge in [-0.1, -0.05) is 11.6 Å². The summed E-state index contributed by atoms with van der Waals surface area (Å²) in [5.41, 5.74) is 2.04. The fraction of sp³-hybridized carbons (Fsp3) is 0.231. The van der Waals surface area contributed by atoms with Gasteiger partial charge in [-0.15, -0.1) is 0 Å². The Morgan fingerprint density at radius 1 is 1.47 bits per heavy atom. The molecule has 1 aromatic heterocycles. The van der Waals surface area contributed by atoms with Crippen molar-refractivity contribution in [3.63, 3.8) is 0 Å². The largest absolute Gasteiger partial charge is 0.496 e. The standard InChI is InChI=1S/C13H13ClN2O3/c1-7-11(15-16(2)12(7)13(17)18)9-5-4-8(14)6-10(9)19-3/h4-6H,1-3H3,(H,17,18). The van der Waals surface area contributed by atoms with Crippen LogP contribution in [0, 0.1) is 6.92 Å². The van der Waals surface area contributed by atoms with Crippen LogP contribution in [0.2, 0.25) is 5.02 Å². The lowest BCUT2D eigenvalue weighted by Crippen LogP contribution is -2.06. The molecule has 1 aromatic carbocycles. The van der Waals surface area contributed by atoms with Crippen LogP contribution in [-0.2, 0) is 7.05 Å². The summed E-state index contributed by atoms with van der Waals surface area (Å²) in [6.07, 6.45) is 0. The molecule has 0 saturated heterocycles. The average molecular weight is 281 g/mol. The number of rotatable bonds is 3. The minimum atomic E-state index is -1.01. The number of aromatic nitrogens is 2. The number of ether oxygens (including phenoxy) is 1. The van der Waals surface area contributed by atoms with E-state index in [9.17, 15) is 4.79 Å². The first-order valence-electron chi connectivity index (χ1n) is 5.56. The molecule has 6 heteroatoms. The van der Waals surface area contributed by atoms with Gasteiger partial charge >= 0.3 is 5.97 Å². The van der Waals surface area contributed by atoms with Gasteiger partial charge in [-0.25, -0.2) is 4.79 Å². The Kier molecular flexibility index (Phi) is 3.48. The molecule has 1 heterocycles. The van der Waals surface area contributed by atoms with Crippen LogP contribution >= 0.6 is 11.6 Å². The highest BCUT2D eigenvalue weighted by atomic mass is 35.5.